The van der Waals surface area contributed by atoms with Crippen LogP contribution in [0.25, 0.3) is 0 Å². The SMILES string of the molecule is CC(C)C(NC(=O)C12CC3CC(CC(C3)C1)C2)C(=O)NCc1ccc(CN2CCOCC2)cc1. The van der Waals surface area contributed by atoms with Gasteiger partial charge >= 0.3 is 0 Å². The first-order chi connectivity index (χ1) is 16.4. The summed E-state index contributed by atoms with van der Waals surface area (Å²) in [6.07, 6.45) is 7.00. The molecule has 2 amide bonds. The highest BCUT2D eigenvalue weighted by Crippen LogP contribution is 2.60. The topological polar surface area (TPSA) is 70.7 Å². The lowest BCUT2D eigenvalue weighted by atomic mass is 9.49. The number of benzene rings is 1. The first-order valence-corrected chi connectivity index (χ1v) is 13.4. The van der Waals surface area contributed by atoms with Crippen molar-refractivity contribution >= 4 is 11.8 Å². The van der Waals surface area contributed by atoms with Crippen molar-refractivity contribution in [1.29, 1.82) is 0 Å². The molecule has 1 atom stereocenters. The van der Waals surface area contributed by atoms with E-state index in [2.05, 4.69) is 39.8 Å². The van der Waals surface area contributed by atoms with Crippen LogP contribution in [0.5, 0.6) is 0 Å². The number of ether oxygens (including phenoxy) is 1. The molecule has 5 fully saturated rings. The van der Waals surface area contributed by atoms with Crippen molar-refractivity contribution in [3.63, 3.8) is 0 Å². The molecule has 0 spiro atoms. The third kappa shape index (κ3) is 5.18. The van der Waals surface area contributed by atoms with E-state index in [4.69, 9.17) is 4.74 Å². The lowest BCUT2D eigenvalue weighted by molar-refractivity contribution is -0.149. The molecule has 186 valence electrons. The third-order valence-corrected chi connectivity index (χ3v) is 8.76. The molecule has 5 aliphatic rings. The molecule has 6 heteroatoms. The summed E-state index contributed by atoms with van der Waals surface area (Å²) < 4.78 is 5.42. The molecule has 1 aromatic carbocycles. The smallest absolute Gasteiger partial charge is 0.243 e. The van der Waals surface area contributed by atoms with Crippen LogP contribution >= 0.6 is 0 Å². The molecule has 2 N–H and O–H groups in total. The van der Waals surface area contributed by atoms with Crippen LogP contribution in [0.2, 0.25) is 0 Å². The van der Waals surface area contributed by atoms with Gasteiger partial charge < -0.3 is 15.4 Å². The van der Waals surface area contributed by atoms with Gasteiger partial charge in [-0.25, -0.2) is 0 Å². The number of carbonyl (C=O) groups excluding carboxylic acids is 2. The van der Waals surface area contributed by atoms with Gasteiger partial charge in [0.25, 0.3) is 0 Å². The van der Waals surface area contributed by atoms with Crippen LogP contribution in [0.1, 0.15) is 63.5 Å². The molecule has 6 rings (SSSR count). The molecule has 1 heterocycles. The molecule has 0 aromatic heterocycles. The summed E-state index contributed by atoms with van der Waals surface area (Å²) in [6, 6.07) is 7.99. The van der Waals surface area contributed by atoms with E-state index in [0.717, 1.165) is 75.4 Å². The second-order valence-electron chi connectivity index (χ2n) is 11.8. The minimum Gasteiger partial charge on any atom is -0.379 e. The van der Waals surface area contributed by atoms with Gasteiger partial charge in [-0.1, -0.05) is 38.1 Å². The van der Waals surface area contributed by atoms with Gasteiger partial charge in [-0.05, 0) is 73.3 Å². The van der Waals surface area contributed by atoms with Crippen molar-refractivity contribution in [2.75, 3.05) is 26.3 Å². The standard InChI is InChI=1S/C28H41N3O3/c1-19(2)25(30-27(33)28-14-22-11-23(15-28)13-24(12-22)16-28)26(32)29-17-20-3-5-21(6-4-20)18-31-7-9-34-10-8-31/h3-6,19,22-25H,7-18H2,1-2H3,(H,29,32)(H,30,33). The lowest BCUT2D eigenvalue weighted by Crippen LogP contribution is -2.58. The van der Waals surface area contributed by atoms with Crippen molar-refractivity contribution in [2.24, 2.45) is 29.1 Å². The zero-order chi connectivity index (χ0) is 23.7. The monoisotopic (exact) mass is 467 g/mol. The van der Waals surface area contributed by atoms with E-state index in [1.165, 1.54) is 24.8 Å². The Hall–Kier alpha value is -1.92. The van der Waals surface area contributed by atoms with Gasteiger partial charge in [-0.2, -0.15) is 0 Å². The Labute approximate surface area is 204 Å². The number of hydrogen-bond donors (Lipinski definition) is 2. The molecule has 1 saturated heterocycles. The average molecular weight is 468 g/mol. The van der Waals surface area contributed by atoms with Gasteiger partial charge in [0, 0.05) is 31.6 Å². The van der Waals surface area contributed by atoms with Gasteiger partial charge in [0.15, 0.2) is 0 Å². The summed E-state index contributed by atoms with van der Waals surface area (Å²) in [6.45, 7) is 9.01. The fraction of sp³-hybridized carbons (Fsp3) is 0.714. The number of amides is 2. The molecule has 1 unspecified atom stereocenters. The lowest BCUT2D eigenvalue weighted by Gasteiger charge is -2.55. The Balaban J connectivity index is 1.15. The zero-order valence-electron chi connectivity index (χ0n) is 20.9. The van der Waals surface area contributed by atoms with E-state index in [0.29, 0.717) is 6.54 Å². The maximum Gasteiger partial charge on any atom is 0.243 e. The number of rotatable bonds is 8. The van der Waals surface area contributed by atoms with E-state index in [1.807, 2.05) is 13.8 Å². The molecule has 4 saturated carbocycles. The Morgan fingerprint density at radius 3 is 2.09 bits per heavy atom. The van der Waals surface area contributed by atoms with Gasteiger partial charge in [0.1, 0.15) is 6.04 Å². The van der Waals surface area contributed by atoms with Crippen LogP contribution in [0, 0.1) is 29.1 Å². The second kappa shape index (κ2) is 9.98. The maximum absolute atomic E-state index is 13.5. The summed E-state index contributed by atoms with van der Waals surface area (Å²) in [4.78, 5) is 29.0. The predicted molar refractivity (Wildman–Crippen MR) is 132 cm³/mol. The molecule has 4 aliphatic carbocycles. The van der Waals surface area contributed by atoms with E-state index in [-0.39, 0.29) is 23.1 Å². The summed E-state index contributed by atoms with van der Waals surface area (Å²) in [7, 11) is 0. The number of hydrogen-bond acceptors (Lipinski definition) is 4. The van der Waals surface area contributed by atoms with Crippen LogP contribution in [0.15, 0.2) is 24.3 Å². The van der Waals surface area contributed by atoms with Crippen molar-refractivity contribution in [3.05, 3.63) is 35.4 Å². The van der Waals surface area contributed by atoms with E-state index in [9.17, 15) is 9.59 Å². The Kier molecular flexibility index (Phi) is 6.99. The fourth-order valence-corrected chi connectivity index (χ4v) is 7.30. The molecular weight excluding hydrogens is 426 g/mol. The Morgan fingerprint density at radius 2 is 1.53 bits per heavy atom. The Bertz CT molecular complexity index is 840. The highest BCUT2D eigenvalue weighted by Gasteiger charge is 2.55. The van der Waals surface area contributed by atoms with E-state index >= 15 is 0 Å². The first kappa shape index (κ1) is 23.8. The Morgan fingerprint density at radius 1 is 0.971 bits per heavy atom. The van der Waals surface area contributed by atoms with Crippen molar-refractivity contribution in [1.82, 2.24) is 15.5 Å². The predicted octanol–water partition coefficient (Wildman–Crippen LogP) is 3.49. The summed E-state index contributed by atoms with van der Waals surface area (Å²) in [5, 5.41) is 6.28. The van der Waals surface area contributed by atoms with Crippen LogP contribution in [-0.4, -0.2) is 49.1 Å². The normalized spacial score (nSPS) is 31.4. The van der Waals surface area contributed by atoms with E-state index < -0.39 is 6.04 Å². The number of morpholine rings is 1. The van der Waals surface area contributed by atoms with Crippen molar-refractivity contribution in [2.45, 2.75) is 71.5 Å². The minimum atomic E-state index is -0.485. The van der Waals surface area contributed by atoms with Crippen molar-refractivity contribution < 1.29 is 14.3 Å². The molecule has 1 aliphatic heterocycles. The number of carbonyl (C=O) groups is 2. The highest BCUT2D eigenvalue weighted by molar-refractivity contribution is 5.90. The van der Waals surface area contributed by atoms with E-state index in [1.54, 1.807) is 0 Å². The number of nitrogens with zero attached hydrogens (tertiary/aromatic N) is 1. The molecule has 6 nitrogen and oxygen atoms in total. The molecule has 1 aromatic rings. The first-order valence-electron chi connectivity index (χ1n) is 13.4. The van der Waals surface area contributed by atoms with Crippen molar-refractivity contribution in [3.8, 4) is 0 Å². The van der Waals surface area contributed by atoms with Crippen LogP contribution in [0.3, 0.4) is 0 Å². The summed E-state index contributed by atoms with van der Waals surface area (Å²) >= 11 is 0. The molecular formula is C28H41N3O3. The number of nitrogens with one attached hydrogen (secondary N) is 2. The fourth-order valence-electron chi connectivity index (χ4n) is 7.30. The maximum atomic E-state index is 13.5. The summed E-state index contributed by atoms with van der Waals surface area (Å²) in [5.41, 5.74) is 2.13. The highest BCUT2D eigenvalue weighted by atomic mass is 16.5. The van der Waals surface area contributed by atoms with Gasteiger partial charge in [-0.15, -0.1) is 0 Å². The van der Waals surface area contributed by atoms with Crippen LogP contribution in [-0.2, 0) is 27.4 Å². The summed E-state index contributed by atoms with van der Waals surface area (Å²) in [5.74, 6) is 2.26. The second-order valence-corrected chi connectivity index (χ2v) is 11.8. The van der Waals surface area contributed by atoms with Gasteiger partial charge in [-0.3, -0.25) is 14.5 Å². The van der Waals surface area contributed by atoms with Crippen LogP contribution < -0.4 is 10.6 Å². The zero-order valence-corrected chi connectivity index (χ0v) is 20.9. The van der Waals surface area contributed by atoms with Gasteiger partial charge in [0.2, 0.25) is 11.8 Å². The van der Waals surface area contributed by atoms with Crippen LogP contribution in [0.4, 0.5) is 0 Å². The quantitative estimate of drug-likeness (QED) is 0.614. The third-order valence-electron chi connectivity index (χ3n) is 8.76. The average Bonchev–Trinajstić information content (AvgIpc) is 2.81. The minimum absolute atomic E-state index is 0.0498. The molecule has 34 heavy (non-hydrogen) atoms. The van der Waals surface area contributed by atoms with Gasteiger partial charge in [0.05, 0.1) is 13.2 Å². The largest absolute Gasteiger partial charge is 0.379 e. The molecule has 0 radical (unpaired) electrons. The molecule has 4 bridgehead atoms.